The number of ether oxygens (including phenoxy) is 1. The maximum absolute atomic E-state index is 12.2. The van der Waals surface area contributed by atoms with Crippen LogP contribution in [0.15, 0.2) is 0 Å². The van der Waals surface area contributed by atoms with Gasteiger partial charge >= 0.3 is 0 Å². The highest BCUT2D eigenvalue weighted by Crippen LogP contribution is 2.31. The van der Waals surface area contributed by atoms with Crippen LogP contribution in [-0.4, -0.2) is 56.3 Å². The van der Waals surface area contributed by atoms with E-state index >= 15 is 0 Å². The summed E-state index contributed by atoms with van der Waals surface area (Å²) in [5.74, 6) is 0. The summed E-state index contributed by atoms with van der Waals surface area (Å²) in [7, 11) is -1.95. The number of hydrogen-bond donors (Lipinski definition) is 2. The van der Waals surface area contributed by atoms with E-state index in [1.165, 1.54) is 11.4 Å². The van der Waals surface area contributed by atoms with Crippen molar-refractivity contribution in [2.75, 3.05) is 26.8 Å². The molecule has 1 unspecified atom stereocenters. The van der Waals surface area contributed by atoms with Crippen molar-refractivity contribution in [1.82, 2.24) is 9.03 Å². The molecule has 0 aromatic heterocycles. The molecular weight excluding hydrogens is 280 g/mol. The average molecular weight is 308 g/mol. The van der Waals surface area contributed by atoms with E-state index < -0.39 is 10.2 Å². The summed E-state index contributed by atoms with van der Waals surface area (Å²) in [5.41, 5.74) is -0.199. The molecule has 0 aromatic carbocycles. The highest BCUT2D eigenvalue weighted by molar-refractivity contribution is 7.87. The van der Waals surface area contributed by atoms with Gasteiger partial charge in [-0.1, -0.05) is 13.8 Å². The molecule has 0 aliphatic carbocycles. The molecule has 120 valence electrons. The fourth-order valence-corrected chi connectivity index (χ4v) is 3.76. The summed E-state index contributed by atoms with van der Waals surface area (Å²) in [6, 6.07) is -0.0785. The third-order valence-corrected chi connectivity index (χ3v) is 5.77. The number of rotatable bonds is 8. The van der Waals surface area contributed by atoms with Gasteiger partial charge in [0, 0.05) is 32.8 Å². The molecule has 1 fully saturated rings. The van der Waals surface area contributed by atoms with Crippen LogP contribution in [0.5, 0.6) is 0 Å². The van der Waals surface area contributed by atoms with Crippen LogP contribution in [0.2, 0.25) is 0 Å². The lowest BCUT2D eigenvalue weighted by Gasteiger charge is -2.40. The van der Waals surface area contributed by atoms with E-state index in [4.69, 9.17) is 9.84 Å². The molecule has 0 bridgehead atoms. The third kappa shape index (κ3) is 4.66. The first-order chi connectivity index (χ1) is 9.39. The highest BCUT2D eigenvalue weighted by atomic mass is 32.2. The minimum atomic E-state index is -3.48. The molecule has 1 saturated heterocycles. The lowest BCUT2D eigenvalue weighted by Crippen LogP contribution is -2.51. The van der Waals surface area contributed by atoms with Gasteiger partial charge in [-0.25, -0.2) is 0 Å². The molecule has 0 spiro atoms. The predicted molar refractivity (Wildman–Crippen MR) is 78.7 cm³/mol. The third-order valence-electron chi connectivity index (χ3n) is 4.14. The molecule has 1 heterocycles. The van der Waals surface area contributed by atoms with Crippen LogP contribution in [0.3, 0.4) is 0 Å². The topological polar surface area (TPSA) is 78.9 Å². The fraction of sp³-hybridized carbons (Fsp3) is 1.00. The van der Waals surface area contributed by atoms with Crippen molar-refractivity contribution in [3.63, 3.8) is 0 Å². The number of nitrogens with zero attached hydrogens (tertiary/aromatic N) is 1. The molecule has 0 saturated carbocycles. The number of aliphatic hydroxyl groups is 1. The van der Waals surface area contributed by atoms with Crippen molar-refractivity contribution in [2.24, 2.45) is 0 Å². The van der Waals surface area contributed by atoms with Gasteiger partial charge in [-0.05, 0) is 32.1 Å². The van der Waals surface area contributed by atoms with Gasteiger partial charge in [0.2, 0.25) is 0 Å². The number of nitrogens with one attached hydrogen (secondary N) is 1. The zero-order valence-electron chi connectivity index (χ0n) is 12.8. The first kappa shape index (κ1) is 17.8. The van der Waals surface area contributed by atoms with Crippen LogP contribution in [0.25, 0.3) is 0 Å². The van der Waals surface area contributed by atoms with Crippen LogP contribution in [0.1, 0.15) is 46.0 Å². The second kappa shape index (κ2) is 7.70. The van der Waals surface area contributed by atoms with Crippen LogP contribution < -0.4 is 4.72 Å². The van der Waals surface area contributed by atoms with Crippen LogP contribution in [-0.2, 0) is 14.9 Å². The Balaban J connectivity index is 2.63. The largest absolute Gasteiger partial charge is 0.396 e. The maximum Gasteiger partial charge on any atom is 0.279 e. The Bertz CT molecular complexity index is 382. The molecule has 0 radical (unpaired) electrons. The number of hydrogen-bond acceptors (Lipinski definition) is 4. The van der Waals surface area contributed by atoms with E-state index in [9.17, 15) is 8.42 Å². The summed E-state index contributed by atoms with van der Waals surface area (Å²) in [6.07, 6.45) is 3.64. The Kier molecular flexibility index (Phi) is 6.87. The van der Waals surface area contributed by atoms with Crippen molar-refractivity contribution in [2.45, 2.75) is 57.6 Å². The normalized spacial score (nSPS) is 23.1. The van der Waals surface area contributed by atoms with Gasteiger partial charge in [0.15, 0.2) is 0 Å². The van der Waals surface area contributed by atoms with Crippen LogP contribution in [0.4, 0.5) is 0 Å². The second-order valence-electron chi connectivity index (χ2n) is 5.45. The monoisotopic (exact) mass is 308 g/mol. The fourth-order valence-electron chi connectivity index (χ4n) is 2.59. The SMILES string of the molecule is CCC1(CC)CC(NS(=O)(=O)N(C)CCCO)CCO1. The highest BCUT2D eigenvalue weighted by Gasteiger charge is 2.36. The zero-order chi connectivity index (χ0) is 15.2. The predicted octanol–water partition coefficient (Wildman–Crippen LogP) is 0.873. The van der Waals surface area contributed by atoms with E-state index in [2.05, 4.69) is 18.6 Å². The molecule has 0 aromatic rings. The van der Waals surface area contributed by atoms with Crippen LogP contribution >= 0.6 is 0 Å². The van der Waals surface area contributed by atoms with Gasteiger partial charge in [0.1, 0.15) is 0 Å². The van der Waals surface area contributed by atoms with E-state index in [0.717, 1.165) is 12.8 Å². The lowest BCUT2D eigenvalue weighted by molar-refractivity contribution is -0.0906. The standard InChI is InChI=1S/C13H28N2O4S/c1-4-13(5-2)11-12(7-10-19-13)14-20(17,18)15(3)8-6-9-16/h12,14,16H,4-11H2,1-3H3. The first-order valence-corrected chi connectivity index (χ1v) is 8.81. The summed E-state index contributed by atoms with van der Waals surface area (Å²) >= 11 is 0. The Hall–Kier alpha value is -0.210. The summed E-state index contributed by atoms with van der Waals surface area (Å²) < 4.78 is 34.2. The Morgan fingerprint density at radius 3 is 2.60 bits per heavy atom. The minimum absolute atomic E-state index is 0.00803. The summed E-state index contributed by atoms with van der Waals surface area (Å²) in [6.45, 7) is 5.06. The molecule has 2 N–H and O–H groups in total. The van der Waals surface area contributed by atoms with Gasteiger partial charge < -0.3 is 9.84 Å². The summed E-state index contributed by atoms with van der Waals surface area (Å²) in [4.78, 5) is 0. The lowest BCUT2D eigenvalue weighted by atomic mass is 9.86. The van der Waals surface area contributed by atoms with Gasteiger partial charge in [-0.2, -0.15) is 17.4 Å². The Morgan fingerprint density at radius 1 is 1.40 bits per heavy atom. The molecule has 1 aliphatic heterocycles. The van der Waals surface area contributed by atoms with Crippen molar-refractivity contribution in [1.29, 1.82) is 0 Å². The van der Waals surface area contributed by atoms with Crippen LogP contribution in [0, 0.1) is 0 Å². The van der Waals surface area contributed by atoms with Gasteiger partial charge in [0.05, 0.1) is 5.60 Å². The molecule has 0 amide bonds. The molecule has 1 atom stereocenters. The molecule has 1 aliphatic rings. The zero-order valence-corrected chi connectivity index (χ0v) is 13.6. The summed E-state index contributed by atoms with van der Waals surface area (Å²) in [5, 5.41) is 8.78. The van der Waals surface area contributed by atoms with Crippen molar-refractivity contribution >= 4 is 10.2 Å². The molecule has 20 heavy (non-hydrogen) atoms. The first-order valence-electron chi connectivity index (χ1n) is 7.37. The Labute approximate surface area is 122 Å². The van der Waals surface area contributed by atoms with Crippen molar-refractivity contribution in [3.05, 3.63) is 0 Å². The smallest absolute Gasteiger partial charge is 0.279 e. The molecule has 7 heteroatoms. The van der Waals surface area contributed by atoms with E-state index in [0.29, 0.717) is 32.4 Å². The van der Waals surface area contributed by atoms with Gasteiger partial charge in [-0.15, -0.1) is 0 Å². The van der Waals surface area contributed by atoms with Crippen molar-refractivity contribution in [3.8, 4) is 0 Å². The van der Waals surface area contributed by atoms with E-state index in [1.807, 2.05) is 0 Å². The molecular formula is C13H28N2O4S. The van der Waals surface area contributed by atoms with Gasteiger partial charge in [-0.3, -0.25) is 0 Å². The van der Waals surface area contributed by atoms with Crippen molar-refractivity contribution < 1.29 is 18.3 Å². The van der Waals surface area contributed by atoms with Gasteiger partial charge in [0.25, 0.3) is 10.2 Å². The van der Waals surface area contributed by atoms with E-state index in [-0.39, 0.29) is 18.2 Å². The minimum Gasteiger partial charge on any atom is -0.396 e. The van der Waals surface area contributed by atoms with E-state index in [1.54, 1.807) is 0 Å². The number of aliphatic hydroxyl groups excluding tert-OH is 1. The quantitative estimate of drug-likeness (QED) is 0.697. The molecule has 6 nitrogen and oxygen atoms in total. The average Bonchev–Trinajstić information content (AvgIpc) is 2.44. The maximum atomic E-state index is 12.2. The Morgan fingerprint density at radius 2 is 2.05 bits per heavy atom. The second-order valence-corrected chi connectivity index (χ2v) is 7.26. The molecule has 1 rings (SSSR count).